The van der Waals surface area contributed by atoms with Crippen molar-refractivity contribution in [3.63, 3.8) is 0 Å². The van der Waals surface area contributed by atoms with Crippen LogP contribution < -0.4 is 11.2 Å². The quantitative estimate of drug-likeness (QED) is 0.184. The van der Waals surface area contributed by atoms with Gasteiger partial charge in [0, 0.05) is 12.5 Å². The standard InChI is InChI=1S/C26H29N3O3/c27-28-18-20-14-12-19(13-15-20)6-1-4-11-25(30)29-23(17-26(31)32)16-22-9-5-8-21-7-2-3-10-24(21)22/h2-3,5,7-10,12-15,18,23H,1,4,6,11,16-17,27H2,(H,29,30)(H,31,32)/t23-/m1/s1. The molecular weight excluding hydrogens is 402 g/mol. The van der Waals surface area contributed by atoms with Crippen molar-refractivity contribution in [2.45, 2.75) is 44.6 Å². The molecular formula is C26H29N3O3. The molecule has 0 fully saturated rings. The van der Waals surface area contributed by atoms with Crippen LogP contribution in [0.25, 0.3) is 10.8 Å². The van der Waals surface area contributed by atoms with Gasteiger partial charge in [-0.25, -0.2) is 0 Å². The monoisotopic (exact) mass is 431 g/mol. The first-order valence-electron chi connectivity index (χ1n) is 10.8. The minimum Gasteiger partial charge on any atom is -0.481 e. The Labute approximate surface area is 188 Å². The van der Waals surface area contributed by atoms with Crippen LogP contribution in [-0.4, -0.2) is 29.2 Å². The Bertz CT molecular complexity index is 1070. The van der Waals surface area contributed by atoms with Crippen molar-refractivity contribution in [2.75, 3.05) is 0 Å². The molecule has 6 nitrogen and oxygen atoms in total. The number of hydrogen-bond acceptors (Lipinski definition) is 4. The SMILES string of the molecule is NN=Cc1ccc(CCCCC(=O)N[C@@H](CC(=O)O)Cc2cccc3ccccc23)cc1. The van der Waals surface area contributed by atoms with Crippen molar-refractivity contribution in [2.24, 2.45) is 10.9 Å². The third-order valence-corrected chi connectivity index (χ3v) is 5.45. The summed E-state index contributed by atoms with van der Waals surface area (Å²) in [6.45, 7) is 0. The predicted octanol–water partition coefficient (Wildman–Crippen LogP) is 4.05. The molecule has 0 radical (unpaired) electrons. The lowest BCUT2D eigenvalue weighted by atomic mass is 9.97. The number of nitrogens with two attached hydrogens (primary N) is 1. The van der Waals surface area contributed by atoms with E-state index in [0.29, 0.717) is 12.8 Å². The summed E-state index contributed by atoms with van der Waals surface area (Å²) in [5, 5.41) is 17.9. The third-order valence-electron chi connectivity index (χ3n) is 5.45. The van der Waals surface area contributed by atoms with Crippen molar-refractivity contribution in [3.8, 4) is 0 Å². The van der Waals surface area contributed by atoms with E-state index < -0.39 is 12.0 Å². The Morgan fingerprint density at radius 1 is 1.00 bits per heavy atom. The molecule has 32 heavy (non-hydrogen) atoms. The highest BCUT2D eigenvalue weighted by atomic mass is 16.4. The van der Waals surface area contributed by atoms with Crippen molar-refractivity contribution >= 4 is 28.9 Å². The maximum absolute atomic E-state index is 12.5. The zero-order chi connectivity index (χ0) is 22.8. The number of hydrogen-bond donors (Lipinski definition) is 3. The average molecular weight is 432 g/mol. The summed E-state index contributed by atoms with van der Waals surface area (Å²) in [4.78, 5) is 23.8. The first kappa shape index (κ1) is 23.0. The highest BCUT2D eigenvalue weighted by molar-refractivity contribution is 5.86. The summed E-state index contributed by atoms with van der Waals surface area (Å²) < 4.78 is 0. The molecule has 1 amide bonds. The number of nitrogens with one attached hydrogen (secondary N) is 1. The average Bonchev–Trinajstić information content (AvgIpc) is 2.78. The molecule has 3 rings (SSSR count). The van der Waals surface area contributed by atoms with Crippen LogP contribution in [0.2, 0.25) is 0 Å². The second-order valence-corrected chi connectivity index (χ2v) is 7.93. The molecule has 0 saturated heterocycles. The number of aryl methyl sites for hydroxylation is 1. The van der Waals surface area contributed by atoms with Gasteiger partial charge in [0.2, 0.25) is 5.91 Å². The summed E-state index contributed by atoms with van der Waals surface area (Å²) in [6, 6.07) is 21.5. The molecule has 0 heterocycles. The van der Waals surface area contributed by atoms with Gasteiger partial charge in [0.15, 0.2) is 0 Å². The van der Waals surface area contributed by atoms with Crippen LogP contribution in [0.1, 0.15) is 42.4 Å². The minimum atomic E-state index is -0.918. The molecule has 0 unspecified atom stereocenters. The molecule has 0 aromatic heterocycles. The van der Waals surface area contributed by atoms with Crippen LogP contribution >= 0.6 is 0 Å². The zero-order valence-electron chi connectivity index (χ0n) is 18.0. The van der Waals surface area contributed by atoms with Gasteiger partial charge >= 0.3 is 5.97 Å². The van der Waals surface area contributed by atoms with Gasteiger partial charge in [-0.2, -0.15) is 5.10 Å². The Morgan fingerprint density at radius 2 is 1.75 bits per heavy atom. The maximum Gasteiger partial charge on any atom is 0.305 e. The summed E-state index contributed by atoms with van der Waals surface area (Å²) in [5.41, 5.74) is 3.18. The Kier molecular flexibility index (Phi) is 8.37. The van der Waals surface area contributed by atoms with Gasteiger partial charge < -0.3 is 16.3 Å². The van der Waals surface area contributed by atoms with E-state index in [1.54, 1.807) is 6.21 Å². The molecule has 4 N–H and O–H groups in total. The molecule has 0 aliphatic heterocycles. The van der Waals surface area contributed by atoms with Gasteiger partial charge in [-0.1, -0.05) is 66.7 Å². The Morgan fingerprint density at radius 3 is 2.50 bits per heavy atom. The Balaban J connectivity index is 1.51. The van der Waals surface area contributed by atoms with Crippen LogP contribution in [0, 0.1) is 0 Å². The normalized spacial score (nSPS) is 12.1. The number of aliphatic carboxylic acids is 1. The first-order valence-corrected chi connectivity index (χ1v) is 10.8. The smallest absolute Gasteiger partial charge is 0.305 e. The highest BCUT2D eigenvalue weighted by Gasteiger charge is 2.17. The van der Waals surface area contributed by atoms with Crippen LogP contribution in [0.3, 0.4) is 0 Å². The lowest BCUT2D eigenvalue weighted by molar-refractivity contribution is -0.137. The second-order valence-electron chi connectivity index (χ2n) is 7.93. The summed E-state index contributed by atoms with van der Waals surface area (Å²) in [7, 11) is 0. The van der Waals surface area contributed by atoms with E-state index in [-0.39, 0.29) is 12.3 Å². The number of fused-ring (bicyclic) bond motifs is 1. The molecule has 166 valence electrons. The van der Waals surface area contributed by atoms with Crippen LogP contribution in [0.5, 0.6) is 0 Å². The van der Waals surface area contributed by atoms with Gasteiger partial charge in [0.05, 0.1) is 12.6 Å². The van der Waals surface area contributed by atoms with Gasteiger partial charge in [-0.05, 0) is 53.1 Å². The summed E-state index contributed by atoms with van der Waals surface area (Å²) >= 11 is 0. The number of rotatable bonds is 11. The fourth-order valence-electron chi connectivity index (χ4n) is 3.89. The van der Waals surface area contributed by atoms with Crippen LogP contribution in [-0.2, 0) is 22.4 Å². The molecule has 1 atom stereocenters. The van der Waals surface area contributed by atoms with Gasteiger partial charge in [0.25, 0.3) is 0 Å². The number of carbonyl (C=O) groups is 2. The van der Waals surface area contributed by atoms with Crippen molar-refractivity contribution in [3.05, 3.63) is 83.4 Å². The highest BCUT2D eigenvalue weighted by Crippen LogP contribution is 2.20. The zero-order valence-corrected chi connectivity index (χ0v) is 18.0. The van der Waals surface area contributed by atoms with Crippen LogP contribution in [0.15, 0.2) is 71.8 Å². The second kappa shape index (κ2) is 11.6. The molecule has 0 aliphatic rings. The molecule has 0 spiro atoms. The van der Waals surface area contributed by atoms with E-state index in [1.165, 1.54) is 5.56 Å². The van der Waals surface area contributed by atoms with Gasteiger partial charge in [-0.3, -0.25) is 9.59 Å². The molecule has 0 saturated carbocycles. The molecule has 3 aromatic carbocycles. The van der Waals surface area contributed by atoms with Crippen molar-refractivity contribution in [1.29, 1.82) is 0 Å². The first-order chi connectivity index (χ1) is 15.5. The fourth-order valence-corrected chi connectivity index (χ4v) is 3.89. The number of amides is 1. The third kappa shape index (κ3) is 6.94. The summed E-state index contributed by atoms with van der Waals surface area (Å²) in [5.74, 6) is 4.13. The maximum atomic E-state index is 12.5. The molecule has 3 aromatic rings. The van der Waals surface area contributed by atoms with Crippen molar-refractivity contribution < 1.29 is 14.7 Å². The van der Waals surface area contributed by atoms with E-state index >= 15 is 0 Å². The largest absolute Gasteiger partial charge is 0.481 e. The molecule has 6 heteroatoms. The van der Waals surface area contributed by atoms with E-state index in [2.05, 4.69) is 10.4 Å². The van der Waals surface area contributed by atoms with Gasteiger partial charge in [-0.15, -0.1) is 0 Å². The van der Waals surface area contributed by atoms with E-state index in [0.717, 1.165) is 41.2 Å². The lowest BCUT2D eigenvalue weighted by Gasteiger charge is -2.18. The number of hydrazone groups is 1. The number of benzene rings is 3. The Hall–Kier alpha value is -3.67. The number of carbonyl (C=O) groups excluding carboxylic acids is 1. The molecule has 0 aliphatic carbocycles. The topological polar surface area (TPSA) is 105 Å². The number of nitrogens with zero attached hydrogens (tertiary/aromatic N) is 1. The van der Waals surface area contributed by atoms with Gasteiger partial charge in [0.1, 0.15) is 0 Å². The number of carboxylic acid groups (broad SMARTS) is 1. The summed E-state index contributed by atoms with van der Waals surface area (Å²) in [6.07, 6.45) is 4.85. The van der Waals surface area contributed by atoms with Crippen LogP contribution in [0.4, 0.5) is 0 Å². The lowest BCUT2D eigenvalue weighted by Crippen LogP contribution is -2.38. The fraction of sp³-hybridized carbons (Fsp3) is 0.269. The van der Waals surface area contributed by atoms with Crippen molar-refractivity contribution in [1.82, 2.24) is 5.32 Å². The van der Waals surface area contributed by atoms with E-state index in [9.17, 15) is 14.7 Å². The number of unbranched alkanes of at least 4 members (excludes halogenated alkanes) is 1. The minimum absolute atomic E-state index is 0.104. The van der Waals surface area contributed by atoms with E-state index in [4.69, 9.17) is 5.84 Å². The molecule has 0 bridgehead atoms. The van der Waals surface area contributed by atoms with E-state index in [1.807, 2.05) is 66.7 Å². The predicted molar refractivity (Wildman–Crippen MR) is 128 cm³/mol. The number of carboxylic acids is 1.